The molecule has 0 spiro atoms. The highest BCUT2D eigenvalue weighted by Gasteiger charge is 2.14. The molecule has 0 aliphatic carbocycles. The minimum Gasteiger partial charge on any atom is -0.324 e. The molecule has 2 rings (SSSR count). The monoisotopic (exact) mass is 360 g/mol. The van der Waals surface area contributed by atoms with Gasteiger partial charge in [0, 0.05) is 11.8 Å². The molecule has 126 valence electrons. The van der Waals surface area contributed by atoms with Crippen LogP contribution in [0.15, 0.2) is 17.5 Å². The number of Topliss-reactive ketones (excluding diaryl/α,β-unsaturated/α-hetero) is 1. The standard InChI is InChI=1S/C16H18F2N2OS.ClH/c1-10-20-13(9-22-10)6-4-11-2-3-12(16(18)15(11)17)5-7-14(21)8-19;/h2-3,9H,4-8,19H2,1H3;1H. The van der Waals surface area contributed by atoms with Gasteiger partial charge in [0.2, 0.25) is 0 Å². The van der Waals surface area contributed by atoms with E-state index in [1.807, 2.05) is 12.3 Å². The molecule has 0 unspecified atom stereocenters. The average molecular weight is 361 g/mol. The highest BCUT2D eigenvalue weighted by Crippen LogP contribution is 2.20. The van der Waals surface area contributed by atoms with Gasteiger partial charge in [-0.15, -0.1) is 23.7 Å². The van der Waals surface area contributed by atoms with Crippen LogP contribution < -0.4 is 5.73 Å². The van der Waals surface area contributed by atoms with E-state index in [4.69, 9.17) is 5.73 Å². The molecule has 0 aliphatic rings. The van der Waals surface area contributed by atoms with Gasteiger partial charge < -0.3 is 5.73 Å². The molecule has 0 radical (unpaired) electrons. The third kappa shape index (κ3) is 5.34. The maximum Gasteiger partial charge on any atom is 0.162 e. The molecule has 0 bridgehead atoms. The summed E-state index contributed by atoms with van der Waals surface area (Å²) in [5.74, 6) is -1.86. The zero-order valence-corrected chi connectivity index (χ0v) is 14.4. The smallest absolute Gasteiger partial charge is 0.162 e. The molecular formula is C16H19ClF2N2OS. The Morgan fingerprint density at radius 1 is 1.17 bits per heavy atom. The van der Waals surface area contributed by atoms with E-state index in [-0.39, 0.29) is 43.1 Å². The lowest BCUT2D eigenvalue weighted by molar-refractivity contribution is -0.117. The van der Waals surface area contributed by atoms with E-state index in [0.29, 0.717) is 18.4 Å². The summed E-state index contributed by atoms with van der Waals surface area (Å²) in [5, 5.41) is 2.89. The number of hydrogen-bond donors (Lipinski definition) is 1. The van der Waals surface area contributed by atoms with E-state index in [1.165, 1.54) is 11.3 Å². The molecule has 0 fully saturated rings. The molecule has 2 aromatic rings. The van der Waals surface area contributed by atoms with Crippen LogP contribution in [0, 0.1) is 18.6 Å². The van der Waals surface area contributed by atoms with Crippen molar-refractivity contribution in [2.75, 3.05) is 6.54 Å². The molecule has 1 aromatic carbocycles. The number of ketones is 1. The zero-order chi connectivity index (χ0) is 16.1. The number of rotatable bonds is 7. The summed E-state index contributed by atoms with van der Waals surface area (Å²) < 4.78 is 28.1. The molecule has 3 nitrogen and oxygen atoms in total. The van der Waals surface area contributed by atoms with Crippen molar-refractivity contribution in [1.29, 1.82) is 0 Å². The fourth-order valence-corrected chi connectivity index (χ4v) is 2.82. The van der Waals surface area contributed by atoms with Crippen LogP contribution in [0.5, 0.6) is 0 Å². The fourth-order valence-electron chi connectivity index (χ4n) is 2.18. The van der Waals surface area contributed by atoms with Gasteiger partial charge in [-0.1, -0.05) is 12.1 Å². The number of halogens is 3. The van der Waals surface area contributed by atoms with Crippen molar-refractivity contribution in [3.8, 4) is 0 Å². The van der Waals surface area contributed by atoms with Crippen LogP contribution in [0.4, 0.5) is 8.78 Å². The van der Waals surface area contributed by atoms with Gasteiger partial charge in [0.25, 0.3) is 0 Å². The molecular weight excluding hydrogens is 342 g/mol. The summed E-state index contributed by atoms with van der Waals surface area (Å²) in [5.41, 5.74) is 6.64. The molecule has 2 N–H and O–H groups in total. The second-order valence-corrected chi connectivity index (χ2v) is 6.17. The van der Waals surface area contributed by atoms with Crippen LogP contribution in [0.2, 0.25) is 0 Å². The number of thiazole rings is 1. The van der Waals surface area contributed by atoms with Gasteiger partial charge in [0.1, 0.15) is 5.78 Å². The Bertz CT molecular complexity index is 676. The van der Waals surface area contributed by atoms with Crippen molar-refractivity contribution in [3.63, 3.8) is 0 Å². The molecule has 0 saturated carbocycles. The first-order valence-electron chi connectivity index (χ1n) is 7.09. The Balaban J connectivity index is 0.00000264. The van der Waals surface area contributed by atoms with Crippen molar-refractivity contribution < 1.29 is 13.6 Å². The number of nitrogens with zero attached hydrogens (tertiary/aromatic N) is 1. The van der Waals surface area contributed by atoms with E-state index in [9.17, 15) is 13.6 Å². The summed E-state index contributed by atoms with van der Waals surface area (Å²) >= 11 is 1.54. The molecule has 1 heterocycles. The maximum absolute atomic E-state index is 14.1. The van der Waals surface area contributed by atoms with Gasteiger partial charge in [-0.2, -0.15) is 0 Å². The predicted molar refractivity (Wildman–Crippen MR) is 90.2 cm³/mol. The Morgan fingerprint density at radius 2 is 1.78 bits per heavy atom. The molecule has 0 atom stereocenters. The van der Waals surface area contributed by atoms with Gasteiger partial charge >= 0.3 is 0 Å². The first kappa shape index (κ1) is 19.7. The molecule has 23 heavy (non-hydrogen) atoms. The van der Waals surface area contributed by atoms with E-state index in [0.717, 1.165) is 10.7 Å². The van der Waals surface area contributed by atoms with Gasteiger partial charge in [-0.3, -0.25) is 4.79 Å². The minimum atomic E-state index is -0.864. The lowest BCUT2D eigenvalue weighted by Gasteiger charge is -2.08. The number of aromatic nitrogens is 1. The lowest BCUT2D eigenvalue weighted by atomic mass is 10.0. The third-order valence-electron chi connectivity index (χ3n) is 3.46. The van der Waals surface area contributed by atoms with Crippen LogP contribution in [-0.2, 0) is 24.1 Å². The Kier molecular flexibility index (Phi) is 7.75. The summed E-state index contributed by atoms with van der Waals surface area (Å²) in [7, 11) is 0. The van der Waals surface area contributed by atoms with Crippen molar-refractivity contribution in [2.45, 2.75) is 32.6 Å². The third-order valence-corrected chi connectivity index (χ3v) is 4.28. The largest absolute Gasteiger partial charge is 0.324 e. The van der Waals surface area contributed by atoms with E-state index in [1.54, 1.807) is 12.1 Å². The number of nitrogens with two attached hydrogens (primary N) is 1. The van der Waals surface area contributed by atoms with Gasteiger partial charge in [-0.05, 0) is 37.3 Å². The van der Waals surface area contributed by atoms with E-state index < -0.39 is 11.6 Å². The second-order valence-electron chi connectivity index (χ2n) is 5.11. The number of hydrogen-bond acceptors (Lipinski definition) is 4. The van der Waals surface area contributed by atoms with Gasteiger partial charge in [0.05, 0.1) is 17.2 Å². The number of benzene rings is 1. The van der Waals surface area contributed by atoms with Crippen LogP contribution in [-0.4, -0.2) is 17.3 Å². The Labute approximate surface area is 144 Å². The molecule has 0 aliphatic heterocycles. The highest BCUT2D eigenvalue weighted by atomic mass is 35.5. The summed E-state index contributed by atoms with van der Waals surface area (Å²) in [6.45, 7) is 1.83. The van der Waals surface area contributed by atoms with Crippen molar-refractivity contribution in [2.24, 2.45) is 5.73 Å². The van der Waals surface area contributed by atoms with Crippen molar-refractivity contribution >= 4 is 29.5 Å². The molecule has 7 heteroatoms. The van der Waals surface area contributed by atoms with E-state index >= 15 is 0 Å². The molecule has 1 aromatic heterocycles. The predicted octanol–water partition coefficient (Wildman–Crippen LogP) is 3.40. The number of aryl methyl sites for hydroxylation is 4. The fraction of sp³-hybridized carbons (Fsp3) is 0.375. The minimum absolute atomic E-state index is 0. The first-order chi connectivity index (χ1) is 10.5. The quantitative estimate of drug-likeness (QED) is 0.823. The van der Waals surface area contributed by atoms with Crippen LogP contribution in [0.3, 0.4) is 0 Å². The maximum atomic E-state index is 14.1. The zero-order valence-electron chi connectivity index (χ0n) is 12.8. The van der Waals surface area contributed by atoms with Crippen molar-refractivity contribution in [1.82, 2.24) is 4.98 Å². The normalized spacial score (nSPS) is 10.4. The summed E-state index contributed by atoms with van der Waals surface area (Å²) in [4.78, 5) is 15.5. The lowest BCUT2D eigenvalue weighted by Crippen LogP contribution is -2.14. The average Bonchev–Trinajstić information content (AvgIpc) is 2.93. The number of carbonyl (C=O) groups is 1. The Hall–Kier alpha value is -1.37. The molecule has 0 amide bonds. The van der Waals surface area contributed by atoms with Crippen LogP contribution >= 0.6 is 23.7 Å². The topological polar surface area (TPSA) is 56.0 Å². The Morgan fingerprint density at radius 3 is 2.30 bits per heavy atom. The van der Waals surface area contributed by atoms with Crippen LogP contribution in [0.25, 0.3) is 0 Å². The SMILES string of the molecule is Cc1nc(CCc2ccc(CCC(=O)CN)c(F)c2F)cs1.Cl. The van der Waals surface area contributed by atoms with Crippen LogP contribution in [0.1, 0.15) is 28.2 Å². The summed E-state index contributed by atoms with van der Waals surface area (Å²) in [6.07, 6.45) is 1.27. The van der Waals surface area contributed by atoms with E-state index in [2.05, 4.69) is 4.98 Å². The van der Waals surface area contributed by atoms with Gasteiger partial charge in [0.15, 0.2) is 11.6 Å². The highest BCUT2D eigenvalue weighted by molar-refractivity contribution is 7.09. The first-order valence-corrected chi connectivity index (χ1v) is 7.97. The number of carbonyl (C=O) groups excluding carboxylic acids is 1. The summed E-state index contributed by atoms with van der Waals surface area (Å²) in [6, 6.07) is 3.13. The molecule has 0 saturated heterocycles. The van der Waals surface area contributed by atoms with Crippen molar-refractivity contribution in [3.05, 3.63) is 51.0 Å². The van der Waals surface area contributed by atoms with Gasteiger partial charge in [-0.25, -0.2) is 13.8 Å². The second kappa shape index (κ2) is 9.05.